The first-order valence-corrected chi connectivity index (χ1v) is 7.30. The number of sulfonamides is 1. The van der Waals surface area contributed by atoms with Gasteiger partial charge in [-0.1, -0.05) is 0 Å². The summed E-state index contributed by atoms with van der Waals surface area (Å²) in [5.41, 5.74) is 1.05. The molecular weight excluding hydrogens is 268 g/mol. The van der Waals surface area contributed by atoms with Gasteiger partial charge in [0.1, 0.15) is 5.76 Å². The molecular formula is C11H16N4O3S. The number of hydrogen-bond donors (Lipinski definition) is 3. The van der Waals surface area contributed by atoms with Crippen LogP contribution in [0.2, 0.25) is 0 Å². The Hall–Kier alpha value is -1.64. The maximum absolute atomic E-state index is 11.5. The van der Waals surface area contributed by atoms with Crippen LogP contribution >= 0.6 is 0 Å². The van der Waals surface area contributed by atoms with Gasteiger partial charge in [0.25, 0.3) is 10.0 Å². The van der Waals surface area contributed by atoms with Crippen molar-refractivity contribution in [1.82, 2.24) is 20.0 Å². The Kier molecular flexibility index (Phi) is 4.35. The van der Waals surface area contributed by atoms with Gasteiger partial charge in [0.05, 0.1) is 12.9 Å². The lowest BCUT2D eigenvalue weighted by atomic mass is 10.3. The second-order valence-electron chi connectivity index (χ2n) is 3.93. The third-order valence-electron chi connectivity index (χ3n) is 2.60. The Morgan fingerprint density at radius 1 is 1.42 bits per heavy atom. The highest BCUT2D eigenvalue weighted by Crippen LogP contribution is 2.13. The SMILES string of the molecule is CNS(=O)(=O)c1ccc(CNCCc2cnc[nH]2)o1. The molecule has 2 heterocycles. The molecule has 104 valence electrons. The summed E-state index contributed by atoms with van der Waals surface area (Å²) in [6.45, 7) is 1.23. The first-order valence-electron chi connectivity index (χ1n) is 5.82. The standard InChI is InChI=1S/C11H16N4O3S/c1-12-19(16,17)11-3-2-10(18-11)7-13-5-4-9-6-14-8-15-9/h2-3,6,8,12-13H,4-5,7H2,1H3,(H,14,15). The molecule has 2 aromatic heterocycles. The normalized spacial score (nSPS) is 11.8. The van der Waals surface area contributed by atoms with Crippen LogP contribution in [0.25, 0.3) is 0 Å². The van der Waals surface area contributed by atoms with Crippen LogP contribution < -0.4 is 10.0 Å². The summed E-state index contributed by atoms with van der Waals surface area (Å²) >= 11 is 0. The molecule has 0 fully saturated rings. The molecule has 0 saturated heterocycles. The predicted molar refractivity (Wildman–Crippen MR) is 69.0 cm³/mol. The van der Waals surface area contributed by atoms with Crippen molar-refractivity contribution in [2.75, 3.05) is 13.6 Å². The molecule has 0 aromatic carbocycles. The molecule has 0 radical (unpaired) electrons. The first kappa shape index (κ1) is 13.8. The summed E-state index contributed by atoms with van der Waals surface area (Å²) in [5.74, 6) is 0.582. The van der Waals surface area contributed by atoms with Crippen LogP contribution in [-0.2, 0) is 23.0 Å². The molecule has 3 N–H and O–H groups in total. The van der Waals surface area contributed by atoms with Gasteiger partial charge < -0.3 is 14.7 Å². The van der Waals surface area contributed by atoms with Gasteiger partial charge in [-0.25, -0.2) is 18.1 Å². The molecule has 7 nitrogen and oxygen atoms in total. The van der Waals surface area contributed by atoms with E-state index in [9.17, 15) is 8.42 Å². The van der Waals surface area contributed by atoms with Gasteiger partial charge in [-0.3, -0.25) is 0 Å². The number of aromatic amines is 1. The number of nitrogens with one attached hydrogen (secondary N) is 3. The van der Waals surface area contributed by atoms with Crippen molar-refractivity contribution in [2.24, 2.45) is 0 Å². The van der Waals surface area contributed by atoms with Gasteiger partial charge in [-0.05, 0) is 19.2 Å². The van der Waals surface area contributed by atoms with E-state index in [4.69, 9.17) is 4.42 Å². The van der Waals surface area contributed by atoms with Crippen LogP contribution in [0.5, 0.6) is 0 Å². The Bertz CT molecular complexity index is 604. The number of hydrogen-bond acceptors (Lipinski definition) is 5. The molecule has 0 aliphatic rings. The molecule has 0 bridgehead atoms. The van der Waals surface area contributed by atoms with E-state index in [0.717, 1.165) is 18.7 Å². The minimum Gasteiger partial charge on any atom is -0.447 e. The Morgan fingerprint density at radius 3 is 2.95 bits per heavy atom. The average molecular weight is 284 g/mol. The lowest BCUT2D eigenvalue weighted by Crippen LogP contribution is -2.18. The second-order valence-corrected chi connectivity index (χ2v) is 5.75. The van der Waals surface area contributed by atoms with Crippen LogP contribution in [0.3, 0.4) is 0 Å². The van der Waals surface area contributed by atoms with Crippen molar-refractivity contribution in [3.05, 3.63) is 36.1 Å². The maximum atomic E-state index is 11.5. The number of aromatic nitrogens is 2. The van der Waals surface area contributed by atoms with E-state index in [0.29, 0.717) is 12.3 Å². The van der Waals surface area contributed by atoms with E-state index in [1.807, 2.05) is 0 Å². The van der Waals surface area contributed by atoms with Crippen molar-refractivity contribution in [3.63, 3.8) is 0 Å². The minimum absolute atomic E-state index is 0.0691. The van der Waals surface area contributed by atoms with Crippen LogP contribution in [0.15, 0.2) is 34.2 Å². The van der Waals surface area contributed by atoms with E-state index >= 15 is 0 Å². The average Bonchev–Trinajstić information content (AvgIpc) is 3.06. The predicted octanol–water partition coefficient (Wildman–Crippen LogP) is 0.243. The first-order chi connectivity index (χ1) is 9.12. The zero-order valence-corrected chi connectivity index (χ0v) is 11.3. The monoisotopic (exact) mass is 284 g/mol. The topological polar surface area (TPSA) is 100 Å². The summed E-state index contributed by atoms with van der Waals surface area (Å²) < 4.78 is 30.4. The van der Waals surface area contributed by atoms with Crippen molar-refractivity contribution in [3.8, 4) is 0 Å². The van der Waals surface area contributed by atoms with E-state index in [1.165, 1.54) is 13.1 Å². The molecule has 0 amide bonds. The number of rotatable bonds is 7. The van der Waals surface area contributed by atoms with Crippen LogP contribution in [0.4, 0.5) is 0 Å². The molecule has 0 unspecified atom stereocenters. The third-order valence-corrected chi connectivity index (χ3v) is 3.88. The minimum atomic E-state index is -3.50. The maximum Gasteiger partial charge on any atom is 0.273 e. The summed E-state index contributed by atoms with van der Waals surface area (Å²) in [6, 6.07) is 3.09. The number of furan rings is 1. The van der Waals surface area contributed by atoms with E-state index in [1.54, 1.807) is 18.6 Å². The van der Waals surface area contributed by atoms with Gasteiger partial charge in [0, 0.05) is 24.9 Å². The van der Waals surface area contributed by atoms with Crippen molar-refractivity contribution >= 4 is 10.0 Å². The number of imidazole rings is 1. The lowest BCUT2D eigenvalue weighted by molar-refractivity contribution is 0.401. The molecule has 19 heavy (non-hydrogen) atoms. The Morgan fingerprint density at radius 2 is 2.26 bits per heavy atom. The zero-order valence-electron chi connectivity index (χ0n) is 10.5. The van der Waals surface area contributed by atoms with Gasteiger partial charge >= 0.3 is 0 Å². The summed E-state index contributed by atoms with van der Waals surface area (Å²) in [6.07, 6.45) is 4.23. The third kappa shape index (κ3) is 3.66. The van der Waals surface area contributed by atoms with Crippen LogP contribution in [-0.4, -0.2) is 32.0 Å². The molecule has 0 atom stereocenters. The fraction of sp³-hybridized carbons (Fsp3) is 0.364. The number of nitrogens with zero attached hydrogens (tertiary/aromatic N) is 1. The smallest absolute Gasteiger partial charge is 0.273 e. The molecule has 8 heteroatoms. The molecule has 0 saturated carbocycles. The van der Waals surface area contributed by atoms with Gasteiger partial charge in [-0.15, -0.1) is 0 Å². The molecule has 0 spiro atoms. The Balaban J connectivity index is 1.81. The van der Waals surface area contributed by atoms with Crippen molar-refractivity contribution in [2.45, 2.75) is 18.1 Å². The molecule has 2 rings (SSSR count). The van der Waals surface area contributed by atoms with Gasteiger partial charge in [-0.2, -0.15) is 0 Å². The molecule has 0 aliphatic heterocycles. The fourth-order valence-electron chi connectivity index (χ4n) is 1.55. The van der Waals surface area contributed by atoms with Crippen LogP contribution in [0, 0.1) is 0 Å². The largest absolute Gasteiger partial charge is 0.447 e. The van der Waals surface area contributed by atoms with Gasteiger partial charge in [0.2, 0.25) is 5.09 Å². The summed E-state index contributed by atoms with van der Waals surface area (Å²) in [7, 11) is -2.15. The number of H-pyrrole nitrogens is 1. The van der Waals surface area contributed by atoms with Crippen molar-refractivity contribution < 1.29 is 12.8 Å². The summed E-state index contributed by atoms with van der Waals surface area (Å²) in [5, 5.41) is 3.10. The zero-order chi connectivity index (χ0) is 13.7. The second kappa shape index (κ2) is 6.00. The fourth-order valence-corrected chi connectivity index (χ4v) is 2.22. The van der Waals surface area contributed by atoms with E-state index in [-0.39, 0.29) is 5.09 Å². The van der Waals surface area contributed by atoms with Crippen LogP contribution in [0.1, 0.15) is 11.5 Å². The Labute approximate surface area is 111 Å². The molecule has 2 aromatic rings. The summed E-state index contributed by atoms with van der Waals surface area (Å²) in [4.78, 5) is 6.93. The quantitative estimate of drug-likeness (QED) is 0.633. The van der Waals surface area contributed by atoms with Gasteiger partial charge in [0.15, 0.2) is 0 Å². The van der Waals surface area contributed by atoms with E-state index < -0.39 is 10.0 Å². The van der Waals surface area contributed by atoms with E-state index in [2.05, 4.69) is 20.0 Å². The highest BCUT2D eigenvalue weighted by molar-refractivity contribution is 7.89. The highest BCUT2D eigenvalue weighted by Gasteiger charge is 2.15. The lowest BCUT2D eigenvalue weighted by Gasteiger charge is -2.01. The highest BCUT2D eigenvalue weighted by atomic mass is 32.2. The van der Waals surface area contributed by atoms with Crippen molar-refractivity contribution in [1.29, 1.82) is 0 Å². The molecule has 0 aliphatic carbocycles.